The van der Waals surface area contributed by atoms with Crippen LogP contribution in [-0.2, 0) is 22.9 Å². The third-order valence-electron chi connectivity index (χ3n) is 5.99. The summed E-state index contributed by atoms with van der Waals surface area (Å²) in [5.74, 6) is -3.02. The van der Waals surface area contributed by atoms with E-state index in [1.165, 1.54) is 6.07 Å². The van der Waals surface area contributed by atoms with Crippen molar-refractivity contribution in [2.75, 3.05) is 11.2 Å². The molecule has 1 aromatic heterocycles. The number of fused-ring (bicyclic) bond motifs is 1. The first-order chi connectivity index (χ1) is 18.4. The Morgan fingerprint density at radius 3 is 2.46 bits per heavy atom. The highest BCUT2D eigenvalue weighted by atomic mass is 32.2. The SMILES string of the molecule is C=C(F)/C(=C(\C)F)N1C(=O)NCc2c(-c3cc(C(=O)NCc4ccccc4)ccc3C)nc(S(C)(=O)=O)nc21. The normalized spacial score (nSPS) is 13.8. The minimum atomic E-state index is -4.04. The van der Waals surface area contributed by atoms with Crippen molar-refractivity contribution >= 4 is 27.6 Å². The minimum Gasteiger partial charge on any atom is -0.348 e. The van der Waals surface area contributed by atoms with Crippen molar-refractivity contribution in [3.8, 4) is 11.3 Å². The summed E-state index contributed by atoms with van der Waals surface area (Å²) >= 11 is 0. The van der Waals surface area contributed by atoms with Gasteiger partial charge in [0.25, 0.3) is 5.91 Å². The van der Waals surface area contributed by atoms with Gasteiger partial charge in [0.2, 0.25) is 15.0 Å². The topological polar surface area (TPSA) is 121 Å². The van der Waals surface area contributed by atoms with Gasteiger partial charge >= 0.3 is 6.03 Å². The fourth-order valence-electron chi connectivity index (χ4n) is 4.10. The first kappa shape index (κ1) is 27.6. The molecule has 0 aliphatic carbocycles. The second-order valence-electron chi connectivity index (χ2n) is 8.91. The highest BCUT2D eigenvalue weighted by Crippen LogP contribution is 2.37. The molecule has 2 heterocycles. The van der Waals surface area contributed by atoms with Gasteiger partial charge in [-0.1, -0.05) is 43.0 Å². The molecule has 1 aliphatic rings. The molecule has 12 heteroatoms. The Labute approximate surface area is 224 Å². The number of rotatable bonds is 7. The van der Waals surface area contributed by atoms with Crippen LogP contribution in [0, 0.1) is 6.92 Å². The van der Waals surface area contributed by atoms with Crippen LogP contribution in [0.2, 0.25) is 0 Å². The van der Waals surface area contributed by atoms with Crippen molar-refractivity contribution in [1.29, 1.82) is 0 Å². The summed E-state index contributed by atoms with van der Waals surface area (Å²) in [5, 5.41) is 4.69. The van der Waals surface area contributed by atoms with E-state index < -0.39 is 38.4 Å². The molecule has 39 heavy (non-hydrogen) atoms. The summed E-state index contributed by atoms with van der Waals surface area (Å²) in [4.78, 5) is 34.6. The zero-order valence-corrected chi connectivity index (χ0v) is 22.2. The highest BCUT2D eigenvalue weighted by molar-refractivity contribution is 7.90. The second kappa shape index (κ2) is 10.7. The molecule has 3 aromatic rings. The van der Waals surface area contributed by atoms with Crippen LogP contribution >= 0.6 is 0 Å². The lowest BCUT2D eigenvalue weighted by atomic mass is 9.97. The van der Waals surface area contributed by atoms with Gasteiger partial charge in [0.15, 0.2) is 5.82 Å². The van der Waals surface area contributed by atoms with E-state index in [0.717, 1.165) is 18.7 Å². The number of carbonyl (C=O) groups is 2. The number of hydrogen-bond donors (Lipinski definition) is 2. The number of carbonyl (C=O) groups excluding carboxylic acids is 2. The lowest BCUT2D eigenvalue weighted by molar-refractivity contribution is 0.0951. The molecule has 0 atom stereocenters. The third kappa shape index (κ3) is 5.70. The van der Waals surface area contributed by atoms with E-state index in [0.29, 0.717) is 16.0 Å². The van der Waals surface area contributed by atoms with Crippen LogP contribution in [0.25, 0.3) is 11.3 Å². The molecular weight excluding hydrogens is 528 g/mol. The molecule has 0 saturated heterocycles. The van der Waals surface area contributed by atoms with E-state index in [-0.39, 0.29) is 41.6 Å². The van der Waals surface area contributed by atoms with Gasteiger partial charge in [-0.15, -0.1) is 0 Å². The maximum Gasteiger partial charge on any atom is 0.328 e. The molecule has 0 spiro atoms. The van der Waals surface area contributed by atoms with E-state index in [1.54, 1.807) is 19.1 Å². The number of nitrogens with one attached hydrogen (secondary N) is 2. The number of allylic oxidation sites excluding steroid dienone is 2. The van der Waals surface area contributed by atoms with Crippen LogP contribution < -0.4 is 15.5 Å². The molecule has 1 aliphatic heterocycles. The van der Waals surface area contributed by atoms with Crippen molar-refractivity contribution in [2.24, 2.45) is 0 Å². The average Bonchev–Trinajstić information content (AvgIpc) is 2.88. The number of aryl methyl sites for hydroxylation is 1. The zero-order chi connectivity index (χ0) is 28.5. The van der Waals surface area contributed by atoms with E-state index in [9.17, 15) is 26.8 Å². The number of urea groups is 1. The second-order valence-corrected chi connectivity index (χ2v) is 10.8. The van der Waals surface area contributed by atoms with E-state index in [4.69, 9.17) is 0 Å². The Balaban J connectivity index is 1.88. The monoisotopic (exact) mass is 553 g/mol. The molecule has 0 fully saturated rings. The average molecular weight is 554 g/mol. The minimum absolute atomic E-state index is 0.0842. The van der Waals surface area contributed by atoms with E-state index >= 15 is 0 Å². The summed E-state index contributed by atoms with van der Waals surface area (Å²) in [6.45, 7) is 5.89. The number of benzene rings is 2. The number of amides is 3. The molecule has 0 unspecified atom stereocenters. The van der Waals surface area contributed by atoms with Gasteiger partial charge in [0.05, 0.1) is 12.2 Å². The maximum atomic E-state index is 14.4. The lowest BCUT2D eigenvalue weighted by Gasteiger charge is -2.31. The molecule has 0 saturated carbocycles. The number of halogens is 2. The first-order valence-corrected chi connectivity index (χ1v) is 13.6. The lowest BCUT2D eigenvalue weighted by Crippen LogP contribution is -2.45. The third-order valence-corrected chi connectivity index (χ3v) is 6.83. The van der Waals surface area contributed by atoms with Crippen LogP contribution in [0.5, 0.6) is 0 Å². The quantitative estimate of drug-likeness (QED) is 0.328. The van der Waals surface area contributed by atoms with Gasteiger partial charge in [0, 0.05) is 29.5 Å². The van der Waals surface area contributed by atoms with Gasteiger partial charge in [-0.05, 0) is 37.1 Å². The van der Waals surface area contributed by atoms with Crippen molar-refractivity contribution < 1.29 is 26.8 Å². The molecule has 0 bridgehead atoms. The van der Waals surface area contributed by atoms with Crippen LogP contribution in [0.15, 0.2) is 77.6 Å². The Bertz CT molecular complexity index is 1640. The standard InChI is InChI=1S/C27H25F2N5O4S/c1-15-10-11-19(25(35)30-13-18-8-6-5-7-9-18)12-20(15)22-21-14-31-27(36)34(23(16(2)28)17(3)29)24(21)33-26(32-22)39(4,37)38/h5-12H,2,13-14H2,1,3-4H3,(H,30,35)(H,31,36)/b23-17-. The van der Waals surface area contributed by atoms with Crippen LogP contribution in [0.1, 0.15) is 34.0 Å². The Morgan fingerprint density at radius 2 is 1.85 bits per heavy atom. The van der Waals surface area contributed by atoms with Gasteiger partial charge in [0.1, 0.15) is 17.4 Å². The molecule has 2 aromatic carbocycles. The molecule has 202 valence electrons. The molecule has 9 nitrogen and oxygen atoms in total. The maximum absolute atomic E-state index is 14.4. The molecular formula is C27H25F2N5O4S. The largest absolute Gasteiger partial charge is 0.348 e. The number of aromatic nitrogens is 2. The van der Waals surface area contributed by atoms with Crippen LogP contribution in [0.4, 0.5) is 19.4 Å². The van der Waals surface area contributed by atoms with Crippen molar-refractivity contribution in [3.63, 3.8) is 0 Å². The van der Waals surface area contributed by atoms with Crippen LogP contribution in [0.3, 0.4) is 0 Å². The molecule has 4 rings (SSSR count). The Morgan fingerprint density at radius 1 is 1.15 bits per heavy atom. The van der Waals surface area contributed by atoms with Crippen molar-refractivity contribution in [2.45, 2.75) is 32.1 Å². The van der Waals surface area contributed by atoms with Crippen molar-refractivity contribution in [1.82, 2.24) is 20.6 Å². The number of sulfone groups is 1. The summed E-state index contributed by atoms with van der Waals surface area (Å²) in [5.41, 5.74) is 1.66. The molecule has 0 radical (unpaired) electrons. The first-order valence-electron chi connectivity index (χ1n) is 11.7. The summed E-state index contributed by atoms with van der Waals surface area (Å²) in [7, 11) is -4.04. The summed E-state index contributed by atoms with van der Waals surface area (Å²) in [6.07, 6.45) is 0.872. The van der Waals surface area contributed by atoms with E-state index in [1.807, 2.05) is 30.3 Å². The smallest absolute Gasteiger partial charge is 0.328 e. The highest BCUT2D eigenvalue weighted by Gasteiger charge is 2.35. The number of anilines is 1. The fraction of sp³-hybridized carbons (Fsp3) is 0.185. The Kier molecular flexibility index (Phi) is 7.59. The zero-order valence-electron chi connectivity index (χ0n) is 21.4. The number of nitrogens with zero attached hydrogens (tertiary/aromatic N) is 3. The van der Waals surface area contributed by atoms with Crippen LogP contribution in [-0.4, -0.2) is 36.6 Å². The van der Waals surface area contributed by atoms with Crippen molar-refractivity contribution in [3.05, 3.63) is 94.7 Å². The molecule has 2 N–H and O–H groups in total. The van der Waals surface area contributed by atoms with Gasteiger partial charge < -0.3 is 10.6 Å². The van der Waals surface area contributed by atoms with Gasteiger partial charge in [-0.2, -0.15) is 4.98 Å². The van der Waals surface area contributed by atoms with E-state index in [2.05, 4.69) is 27.2 Å². The predicted octanol–water partition coefficient (Wildman–Crippen LogP) is 4.50. The molecule has 3 amide bonds. The van der Waals surface area contributed by atoms with Gasteiger partial charge in [-0.3, -0.25) is 4.79 Å². The summed E-state index contributed by atoms with van der Waals surface area (Å²) in [6, 6.07) is 13.2. The fourth-order valence-corrected chi connectivity index (χ4v) is 4.61. The predicted molar refractivity (Wildman–Crippen MR) is 142 cm³/mol. The number of hydrogen-bond acceptors (Lipinski definition) is 6. The summed E-state index contributed by atoms with van der Waals surface area (Å²) < 4.78 is 53.7. The van der Waals surface area contributed by atoms with Gasteiger partial charge in [-0.25, -0.2) is 31.9 Å². The Hall–Kier alpha value is -4.45.